The Morgan fingerprint density at radius 2 is 1.95 bits per heavy atom. The fourth-order valence-corrected chi connectivity index (χ4v) is 3.54. The lowest BCUT2D eigenvalue weighted by molar-refractivity contribution is 0.396. The molecule has 4 rings (SSSR count). The van der Waals surface area contributed by atoms with E-state index in [9.17, 15) is 0 Å². The summed E-state index contributed by atoms with van der Waals surface area (Å²) in [5.74, 6) is 1.87. The lowest BCUT2D eigenvalue weighted by Gasteiger charge is -2.28. The lowest BCUT2D eigenvalue weighted by Crippen LogP contribution is -2.27. The third kappa shape index (κ3) is 2.52. The van der Waals surface area contributed by atoms with Crippen LogP contribution in [0.1, 0.15) is 50.0 Å². The van der Waals surface area contributed by atoms with E-state index in [0.717, 1.165) is 55.0 Å². The number of rotatable bonds is 4. The molecule has 6 heteroatoms. The van der Waals surface area contributed by atoms with E-state index in [1.807, 2.05) is 6.20 Å². The van der Waals surface area contributed by atoms with Crippen LogP contribution in [-0.4, -0.2) is 27.2 Å². The maximum atomic E-state index is 6.30. The summed E-state index contributed by atoms with van der Waals surface area (Å²) in [6.45, 7) is 1.01. The zero-order valence-corrected chi connectivity index (χ0v) is 12.8. The van der Waals surface area contributed by atoms with Crippen LogP contribution in [0.25, 0.3) is 5.65 Å². The van der Waals surface area contributed by atoms with Crippen molar-refractivity contribution in [3.05, 3.63) is 18.0 Å². The van der Waals surface area contributed by atoms with Crippen LogP contribution in [-0.2, 0) is 0 Å². The predicted molar refractivity (Wildman–Crippen MR) is 87.8 cm³/mol. The molecule has 0 atom stereocenters. The molecular weight excluding hydrogens is 276 g/mol. The summed E-state index contributed by atoms with van der Waals surface area (Å²) in [6, 6.07) is 0.337. The first kappa shape index (κ1) is 13.8. The molecule has 2 aliphatic carbocycles. The van der Waals surface area contributed by atoms with E-state index in [2.05, 4.69) is 15.4 Å². The van der Waals surface area contributed by atoms with Gasteiger partial charge in [-0.2, -0.15) is 0 Å². The highest BCUT2D eigenvalue weighted by Gasteiger charge is 2.28. The van der Waals surface area contributed by atoms with Gasteiger partial charge in [-0.3, -0.25) is 0 Å². The number of anilines is 2. The molecule has 118 valence electrons. The van der Waals surface area contributed by atoms with Crippen LogP contribution >= 0.6 is 0 Å². The largest absolute Gasteiger partial charge is 0.382 e. The average Bonchev–Trinajstić information content (AvgIpc) is 3.22. The van der Waals surface area contributed by atoms with Crippen molar-refractivity contribution in [1.82, 2.24) is 14.6 Å². The van der Waals surface area contributed by atoms with Crippen LogP contribution in [0.5, 0.6) is 0 Å². The van der Waals surface area contributed by atoms with Gasteiger partial charge in [-0.15, -0.1) is 5.10 Å². The SMILES string of the molecule is Nc1nn2ccnc2c(NCC2CC2)c1[C@H]1CC[C@H](N)CC1. The maximum Gasteiger partial charge on any atom is 0.177 e. The van der Waals surface area contributed by atoms with Crippen molar-refractivity contribution in [2.75, 3.05) is 17.6 Å². The molecule has 2 saturated carbocycles. The van der Waals surface area contributed by atoms with Gasteiger partial charge in [0.2, 0.25) is 0 Å². The molecule has 0 spiro atoms. The number of nitrogens with one attached hydrogen (secondary N) is 1. The monoisotopic (exact) mass is 300 g/mol. The number of nitrogen functional groups attached to an aromatic ring is 1. The zero-order chi connectivity index (χ0) is 15.1. The van der Waals surface area contributed by atoms with E-state index in [0.29, 0.717) is 17.8 Å². The van der Waals surface area contributed by atoms with Crippen molar-refractivity contribution in [3.63, 3.8) is 0 Å². The molecule has 0 amide bonds. The third-order valence-corrected chi connectivity index (χ3v) is 5.05. The summed E-state index contributed by atoms with van der Waals surface area (Å²) in [6.07, 6.45) is 10.6. The highest BCUT2D eigenvalue weighted by Crippen LogP contribution is 2.40. The van der Waals surface area contributed by atoms with E-state index in [-0.39, 0.29) is 0 Å². The predicted octanol–water partition coefficient (Wildman–Crippen LogP) is 2.12. The van der Waals surface area contributed by atoms with Gasteiger partial charge < -0.3 is 16.8 Å². The first-order chi connectivity index (χ1) is 10.7. The average molecular weight is 300 g/mol. The second-order valence-electron chi connectivity index (χ2n) is 6.81. The topological polar surface area (TPSA) is 94.3 Å². The number of nitrogens with zero attached hydrogens (tertiary/aromatic N) is 3. The first-order valence-corrected chi connectivity index (χ1v) is 8.34. The van der Waals surface area contributed by atoms with Crippen molar-refractivity contribution in [2.45, 2.75) is 50.5 Å². The van der Waals surface area contributed by atoms with E-state index < -0.39 is 0 Å². The molecule has 2 heterocycles. The second kappa shape index (κ2) is 5.43. The Kier molecular flexibility index (Phi) is 3.41. The Morgan fingerprint density at radius 1 is 1.18 bits per heavy atom. The molecule has 0 saturated heterocycles. The van der Waals surface area contributed by atoms with E-state index in [4.69, 9.17) is 11.5 Å². The normalized spacial score (nSPS) is 25.5. The summed E-state index contributed by atoms with van der Waals surface area (Å²) >= 11 is 0. The summed E-state index contributed by atoms with van der Waals surface area (Å²) < 4.78 is 1.78. The molecule has 0 aliphatic heterocycles. The van der Waals surface area contributed by atoms with E-state index >= 15 is 0 Å². The van der Waals surface area contributed by atoms with Gasteiger partial charge in [0, 0.05) is 30.5 Å². The van der Waals surface area contributed by atoms with Crippen LogP contribution < -0.4 is 16.8 Å². The van der Waals surface area contributed by atoms with Crippen molar-refractivity contribution in [3.8, 4) is 0 Å². The fourth-order valence-electron chi connectivity index (χ4n) is 3.54. The molecule has 2 aromatic heterocycles. The third-order valence-electron chi connectivity index (χ3n) is 5.05. The van der Waals surface area contributed by atoms with Gasteiger partial charge in [-0.1, -0.05) is 0 Å². The van der Waals surface area contributed by atoms with Gasteiger partial charge in [0.25, 0.3) is 0 Å². The van der Waals surface area contributed by atoms with Gasteiger partial charge in [0.1, 0.15) is 5.82 Å². The number of aromatic nitrogens is 3. The lowest BCUT2D eigenvalue weighted by atomic mass is 9.81. The molecule has 0 unspecified atom stereocenters. The minimum Gasteiger partial charge on any atom is -0.382 e. The summed E-state index contributed by atoms with van der Waals surface area (Å²) in [7, 11) is 0. The Bertz CT molecular complexity index is 667. The first-order valence-electron chi connectivity index (χ1n) is 8.34. The van der Waals surface area contributed by atoms with Gasteiger partial charge in [0.15, 0.2) is 5.65 Å². The Labute approximate surface area is 130 Å². The van der Waals surface area contributed by atoms with Gasteiger partial charge in [-0.05, 0) is 50.4 Å². The van der Waals surface area contributed by atoms with E-state index in [1.165, 1.54) is 12.8 Å². The Morgan fingerprint density at radius 3 is 2.68 bits per heavy atom. The molecular formula is C16H24N6. The highest BCUT2D eigenvalue weighted by atomic mass is 15.3. The number of imidazole rings is 1. The number of hydrogen-bond acceptors (Lipinski definition) is 5. The Hall–Kier alpha value is -1.82. The van der Waals surface area contributed by atoms with Crippen LogP contribution in [0.2, 0.25) is 0 Å². The van der Waals surface area contributed by atoms with Crippen molar-refractivity contribution < 1.29 is 0 Å². The maximum absolute atomic E-state index is 6.30. The fraction of sp³-hybridized carbons (Fsp3) is 0.625. The molecule has 22 heavy (non-hydrogen) atoms. The van der Waals surface area contributed by atoms with E-state index in [1.54, 1.807) is 10.7 Å². The van der Waals surface area contributed by atoms with Crippen LogP contribution in [0.3, 0.4) is 0 Å². The van der Waals surface area contributed by atoms with Crippen molar-refractivity contribution in [2.24, 2.45) is 11.7 Å². The van der Waals surface area contributed by atoms with Gasteiger partial charge >= 0.3 is 0 Å². The molecule has 6 nitrogen and oxygen atoms in total. The molecule has 2 aliphatic rings. The number of fused-ring (bicyclic) bond motifs is 1. The minimum absolute atomic E-state index is 0.337. The van der Waals surface area contributed by atoms with Crippen LogP contribution in [0.4, 0.5) is 11.5 Å². The quantitative estimate of drug-likeness (QED) is 0.804. The molecule has 0 aromatic carbocycles. The number of hydrogen-bond donors (Lipinski definition) is 3. The van der Waals surface area contributed by atoms with Crippen LogP contribution in [0.15, 0.2) is 12.4 Å². The standard InChI is InChI=1S/C16H24N6/c17-12-5-3-11(4-6-12)13-14(20-9-10-1-2-10)16-19-7-8-22(16)21-15(13)18/h7-8,10-12,20H,1-6,9,17H2,(H2,18,21)/t11-,12-. The van der Waals surface area contributed by atoms with Crippen molar-refractivity contribution in [1.29, 1.82) is 0 Å². The summed E-state index contributed by atoms with van der Waals surface area (Å²) in [5, 5.41) is 8.11. The highest BCUT2D eigenvalue weighted by molar-refractivity contribution is 5.76. The smallest absolute Gasteiger partial charge is 0.177 e. The molecule has 5 N–H and O–H groups in total. The van der Waals surface area contributed by atoms with Crippen molar-refractivity contribution >= 4 is 17.2 Å². The zero-order valence-electron chi connectivity index (χ0n) is 12.8. The minimum atomic E-state index is 0.337. The molecule has 0 bridgehead atoms. The Balaban J connectivity index is 1.73. The second-order valence-corrected chi connectivity index (χ2v) is 6.81. The molecule has 0 radical (unpaired) electrons. The number of nitrogens with two attached hydrogens (primary N) is 2. The van der Waals surface area contributed by atoms with Gasteiger partial charge in [0.05, 0.1) is 5.69 Å². The molecule has 2 fully saturated rings. The summed E-state index contributed by atoms with van der Waals surface area (Å²) in [5.41, 5.74) is 15.5. The summed E-state index contributed by atoms with van der Waals surface area (Å²) in [4.78, 5) is 4.49. The van der Waals surface area contributed by atoms with Crippen LogP contribution in [0, 0.1) is 5.92 Å². The molecule has 2 aromatic rings. The van der Waals surface area contributed by atoms with Gasteiger partial charge in [-0.25, -0.2) is 9.50 Å².